The van der Waals surface area contributed by atoms with Crippen LogP contribution in [0, 0.1) is 0 Å². The van der Waals surface area contributed by atoms with Crippen molar-refractivity contribution in [3.8, 4) is 11.5 Å². The Kier molecular flexibility index (Phi) is 6.67. The highest BCUT2D eigenvalue weighted by atomic mass is 35.5. The van der Waals surface area contributed by atoms with Crippen LogP contribution in [0.5, 0.6) is 11.5 Å². The molecule has 188 valence electrons. The largest absolute Gasteiger partial charge is 0.493 e. The van der Waals surface area contributed by atoms with Crippen molar-refractivity contribution in [2.24, 2.45) is 0 Å². The normalized spacial score (nSPS) is 12.8. The van der Waals surface area contributed by atoms with Crippen LogP contribution in [0.1, 0.15) is 32.1 Å². The average molecular weight is 518 g/mol. The number of fused-ring (bicyclic) bond motifs is 2. The fourth-order valence-electron chi connectivity index (χ4n) is 4.59. The van der Waals surface area contributed by atoms with Crippen LogP contribution in [-0.4, -0.2) is 47.0 Å². The molecule has 0 fully saturated rings. The Morgan fingerprint density at radius 1 is 0.811 bits per heavy atom. The maximum atomic E-state index is 13.5. The van der Waals surface area contributed by atoms with Crippen molar-refractivity contribution < 1.29 is 19.1 Å². The quantitative estimate of drug-likeness (QED) is 0.326. The molecule has 0 bridgehead atoms. The molecule has 9 heteroatoms. The molecule has 2 heterocycles. The van der Waals surface area contributed by atoms with Crippen LogP contribution in [0.25, 0.3) is 10.9 Å². The van der Waals surface area contributed by atoms with Crippen LogP contribution in [0.2, 0.25) is 5.02 Å². The second-order valence-electron chi connectivity index (χ2n) is 8.64. The van der Waals surface area contributed by atoms with Gasteiger partial charge in [0.05, 0.1) is 36.2 Å². The number of benzene rings is 3. The minimum absolute atomic E-state index is 0.0984. The van der Waals surface area contributed by atoms with Gasteiger partial charge in [-0.2, -0.15) is 0 Å². The van der Waals surface area contributed by atoms with E-state index in [2.05, 4.69) is 0 Å². The van der Waals surface area contributed by atoms with Gasteiger partial charge in [-0.05, 0) is 54.4 Å². The Morgan fingerprint density at radius 3 is 2.19 bits per heavy atom. The summed E-state index contributed by atoms with van der Waals surface area (Å²) in [7, 11) is 3.15. The van der Waals surface area contributed by atoms with Crippen molar-refractivity contribution in [1.29, 1.82) is 0 Å². The lowest BCUT2D eigenvalue weighted by Gasteiger charge is -2.17. The zero-order valence-corrected chi connectivity index (χ0v) is 21.1. The first kappa shape index (κ1) is 24.5. The maximum absolute atomic E-state index is 13.5. The van der Waals surface area contributed by atoms with Gasteiger partial charge < -0.3 is 9.47 Å². The number of amides is 2. The van der Waals surface area contributed by atoms with Gasteiger partial charge in [0.25, 0.3) is 17.4 Å². The van der Waals surface area contributed by atoms with E-state index in [4.69, 9.17) is 26.1 Å². The number of rotatable bonds is 8. The van der Waals surface area contributed by atoms with Crippen molar-refractivity contribution in [2.75, 3.05) is 20.8 Å². The third-order valence-corrected chi connectivity index (χ3v) is 6.74. The predicted molar refractivity (Wildman–Crippen MR) is 140 cm³/mol. The van der Waals surface area contributed by atoms with Gasteiger partial charge in [-0.15, -0.1) is 0 Å². The van der Waals surface area contributed by atoms with Gasteiger partial charge in [-0.3, -0.25) is 23.9 Å². The van der Waals surface area contributed by atoms with Crippen LogP contribution in [0.15, 0.2) is 65.5 Å². The molecule has 1 aliphatic heterocycles. The van der Waals surface area contributed by atoms with Crippen molar-refractivity contribution in [1.82, 2.24) is 14.5 Å². The van der Waals surface area contributed by atoms with Gasteiger partial charge in [0.1, 0.15) is 5.82 Å². The number of ether oxygens (including phenoxy) is 2. The van der Waals surface area contributed by atoms with E-state index in [0.29, 0.717) is 57.3 Å². The van der Waals surface area contributed by atoms with Crippen LogP contribution in [0.4, 0.5) is 0 Å². The molecule has 0 atom stereocenters. The number of nitrogens with zero attached hydrogens (tertiary/aromatic N) is 3. The minimum Gasteiger partial charge on any atom is -0.493 e. The molecule has 0 unspecified atom stereocenters. The van der Waals surface area contributed by atoms with Gasteiger partial charge in [-0.1, -0.05) is 29.8 Å². The number of hydrogen-bond donors (Lipinski definition) is 0. The Bertz CT molecular complexity index is 1560. The highest BCUT2D eigenvalue weighted by Crippen LogP contribution is 2.28. The van der Waals surface area contributed by atoms with Gasteiger partial charge in [-0.25, -0.2) is 4.98 Å². The van der Waals surface area contributed by atoms with Crippen molar-refractivity contribution in [3.63, 3.8) is 0 Å². The third kappa shape index (κ3) is 4.56. The van der Waals surface area contributed by atoms with E-state index in [1.807, 2.05) is 18.2 Å². The summed E-state index contributed by atoms with van der Waals surface area (Å²) in [5.41, 5.74) is 1.98. The standard InChI is InChI=1S/C28H24ClN3O5/c1-36-23-10-7-17(15-24(23)37-2)11-13-31-25(30-22-16-18(29)8-9-21(22)28(31)35)12-14-32-26(33)19-5-3-4-6-20(19)27(32)34/h3-10,15-16H,11-14H2,1-2H3. The smallest absolute Gasteiger partial charge is 0.261 e. The Balaban J connectivity index is 1.46. The zero-order valence-electron chi connectivity index (χ0n) is 20.4. The van der Waals surface area contributed by atoms with Gasteiger partial charge in [0, 0.05) is 24.5 Å². The molecule has 0 saturated heterocycles. The number of imide groups is 1. The maximum Gasteiger partial charge on any atom is 0.261 e. The summed E-state index contributed by atoms with van der Waals surface area (Å²) in [5.74, 6) is 1.00. The number of hydrogen-bond acceptors (Lipinski definition) is 6. The molecule has 8 nitrogen and oxygen atoms in total. The number of carbonyl (C=O) groups excluding carboxylic acids is 2. The SMILES string of the molecule is COc1ccc(CCn2c(CCN3C(=O)c4ccccc4C3=O)nc3cc(Cl)ccc3c2=O)cc1OC. The van der Waals surface area contributed by atoms with E-state index >= 15 is 0 Å². The summed E-state index contributed by atoms with van der Waals surface area (Å²) >= 11 is 6.16. The average Bonchev–Trinajstić information content (AvgIpc) is 3.15. The molecule has 0 saturated carbocycles. The molecule has 5 rings (SSSR count). The molecule has 3 aromatic carbocycles. The third-order valence-electron chi connectivity index (χ3n) is 6.51. The number of methoxy groups -OCH3 is 2. The summed E-state index contributed by atoms with van der Waals surface area (Å²) in [6, 6.07) is 17.3. The lowest BCUT2D eigenvalue weighted by atomic mass is 10.1. The molecular formula is C28H24ClN3O5. The Hall–Kier alpha value is -4.17. The number of halogens is 1. The van der Waals surface area contributed by atoms with Gasteiger partial charge >= 0.3 is 0 Å². The lowest BCUT2D eigenvalue weighted by Crippen LogP contribution is -2.34. The Labute approximate surface area is 218 Å². The van der Waals surface area contributed by atoms with Crippen molar-refractivity contribution in [3.05, 3.63) is 98.6 Å². The molecule has 4 aromatic rings. The molecule has 1 aromatic heterocycles. The molecule has 0 N–H and O–H groups in total. The second kappa shape index (κ2) is 10.1. The second-order valence-corrected chi connectivity index (χ2v) is 9.08. The molecule has 0 radical (unpaired) electrons. The van der Waals surface area contributed by atoms with E-state index in [9.17, 15) is 14.4 Å². The number of carbonyl (C=O) groups is 2. The summed E-state index contributed by atoms with van der Waals surface area (Å²) in [6.07, 6.45) is 0.746. The van der Waals surface area contributed by atoms with Crippen LogP contribution in [0.3, 0.4) is 0 Å². The predicted octanol–water partition coefficient (Wildman–Crippen LogP) is 4.15. The minimum atomic E-state index is -0.344. The van der Waals surface area contributed by atoms with Gasteiger partial charge in [0.15, 0.2) is 11.5 Å². The Morgan fingerprint density at radius 2 is 1.51 bits per heavy atom. The highest BCUT2D eigenvalue weighted by Gasteiger charge is 2.34. The molecule has 1 aliphatic rings. The van der Waals surface area contributed by atoms with Gasteiger partial charge in [0.2, 0.25) is 0 Å². The summed E-state index contributed by atoms with van der Waals surface area (Å²) in [4.78, 5) is 45.1. The summed E-state index contributed by atoms with van der Waals surface area (Å²) in [5, 5.41) is 0.912. The monoisotopic (exact) mass is 517 g/mol. The van der Waals surface area contributed by atoms with Crippen LogP contribution >= 0.6 is 11.6 Å². The molecule has 37 heavy (non-hydrogen) atoms. The molecule has 0 aliphatic carbocycles. The van der Waals surface area contributed by atoms with E-state index in [-0.39, 0.29) is 30.3 Å². The highest BCUT2D eigenvalue weighted by molar-refractivity contribution is 6.31. The van der Waals surface area contributed by atoms with E-state index in [1.54, 1.807) is 61.3 Å². The van der Waals surface area contributed by atoms with E-state index in [1.165, 1.54) is 4.90 Å². The first-order chi connectivity index (χ1) is 17.9. The fourth-order valence-corrected chi connectivity index (χ4v) is 4.76. The van der Waals surface area contributed by atoms with E-state index < -0.39 is 0 Å². The number of aromatic nitrogens is 2. The lowest BCUT2D eigenvalue weighted by molar-refractivity contribution is 0.0655. The zero-order chi connectivity index (χ0) is 26.1. The summed E-state index contributed by atoms with van der Waals surface area (Å²) in [6.45, 7) is 0.443. The van der Waals surface area contributed by atoms with Crippen LogP contribution < -0.4 is 15.0 Å². The summed E-state index contributed by atoms with van der Waals surface area (Å²) < 4.78 is 12.3. The van der Waals surface area contributed by atoms with E-state index in [0.717, 1.165) is 5.56 Å². The number of aryl methyl sites for hydroxylation is 1. The topological polar surface area (TPSA) is 90.7 Å². The first-order valence-electron chi connectivity index (χ1n) is 11.8. The molecule has 0 spiro atoms. The van der Waals surface area contributed by atoms with Crippen molar-refractivity contribution >= 4 is 34.3 Å². The fraction of sp³-hybridized carbons (Fsp3) is 0.214. The molecule has 2 amide bonds. The van der Waals surface area contributed by atoms with Crippen LogP contribution in [-0.2, 0) is 19.4 Å². The molecular weight excluding hydrogens is 494 g/mol. The first-order valence-corrected chi connectivity index (χ1v) is 12.1. The van der Waals surface area contributed by atoms with Crippen molar-refractivity contribution in [2.45, 2.75) is 19.4 Å².